The van der Waals surface area contributed by atoms with Gasteiger partial charge in [-0.15, -0.1) is 5.10 Å². The molecule has 0 aliphatic heterocycles. The Balaban J connectivity index is 1.70. The lowest BCUT2D eigenvalue weighted by molar-refractivity contribution is 0.0689. The van der Waals surface area contributed by atoms with Gasteiger partial charge in [-0.1, -0.05) is 30.3 Å². The molecule has 0 radical (unpaired) electrons. The second kappa shape index (κ2) is 6.27. The average Bonchev–Trinajstić information content (AvgIpc) is 3.00. The molecule has 3 aromatic rings. The number of carbonyl (C=O) groups is 1. The summed E-state index contributed by atoms with van der Waals surface area (Å²) >= 11 is 0. The number of rotatable bonds is 5. The van der Waals surface area contributed by atoms with Gasteiger partial charge in [0.1, 0.15) is 0 Å². The fourth-order valence-electron chi connectivity index (χ4n) is 2.17. The SMILES string of the molecule is O=C(O)c1cnn(Cc2ccc(Cn3ccccc3=O)cc2)n1. The van der Waals surface area contributed by atoms with Crippen molar-refractivity contribution in [1.29, 1.82) is 0 Å². The summed E-state index contributed by atoms with van der Waals surface area (Å²) < 4.78 is 1.63. The molecule has 1 aromatic carbocycles. The predicted octanol–water partition coefficient (Wildman–Crippen LogP) is 1.23. The summed E-state index contributed by atoms with van der Waals surface area (Å²) in [6.45, 7) is 0.891. The quantitative estimate of drug-likeness (QED) is 0.765. The van der Waals surface area contributed by atoms with Gasteiger partial charge >= 0.3 is 5.97 Å². The second-order valence-corrected chi connectivity index (χ2v) is 5.05. The van der Waals surface area contributed by atoms with Crippen LogP contribution in [0.2, 0.25) is 0 Å². The molecule has 0 aliphatic carbocycles. The lowest BCUT2D eigenvalue weighted by Crippen LogP contribution is -2.18. The average molecular weight is 310 g/mol. The van der Waals surface area contributed by atoms with Crippen LogP contribution in [0.1, 0.15) is 21.6 Å². The third-order valence-corrected chi connectivity index (χ3v) is 3.35. The number of aromatic nitrogens is 4. The molecule has 3 rings (SSSR count). The van der Waals surface area contributed by atoms with Gasteiger partial charge in [0, 0.05) is 12.3 Å². The molecule has 2 aromatic heterocycles. The van der Waals surface area contributed by atoms with Crippen LogP contribution in [0, 0.1) is 0 Å². The first-order chi connectivity index (χ1) is 11.1. The number of carboxylic acids is 1. The van der Waals surface area contributed by atoms with Crippen molar-refractivity contribution >= 4 is 5.97 Å². The van der Waals surface area contributed by atoms with E-state index < -0.39 is 5.97 Å². The summed E-state index contributed by atoms with van der Waals surface area (Å²) in [5, 5.41) is 16.6. The highest BCUT2D eigenvalue weighted by atomic mass is 16.4. The summed E-state index contributed by atoms with van der Waals surface area (Å²) in [6.07, 6.45) is 2.97. The largest absolute Gasteiger partial charge is 0.476 e. The molecule has 0 saturated carbocycles. The molecule has 0 unspecified atom stereocenters. The van der Waals surface area contributed by atoms with E-state index in [-0.39, 0.29) is 11.3 Å². The molecule has 0 spiro atoms. The molecule has 116 valence electrons. The maximum atomic E-state index is 11.7. The summed E-state index contributed by atoms with van der Waals surface area (Å²) in [5.41, 5.74) is 1.83. The fraction of sp³-hybridized carbons (Fsp3) is 0.125. The van der Waals surface area contributed by atoms with E-state index in [1.54, 1.807) is 16.8 Å². The number of aromatic carboxylic acids is 1. The minimum absolute atomic E-state index is 0.0430. The Morgan fingerprint density at radius 1 is 1.04 bits per heavy atom. The van der Waals surface area contributed by atoms with Gasteiger partial charge in [0.2, 0.25) is 0 Å². The molecule has 0 atom stereocenters. The molecule has 7 heteroatoms. The third-order valence-electron chi connectivity index (χ3n) is 3.35. The van der Waals surface area contributed by atoms with Crippen LogP contribution in [0.3, 0.4) is 0 Å². The number of carboxylic acid groups (broad SMARTS) is 1. The van der Waals surface area contributed by atoms with Crippen LogP contribution in [0.4, 0.5) is 0 Å². The maximum absolute atomic E-state index is 11.7. The molecule has 7 nitrogen and oxygen atoms in total. The minimum atomic E-state index is -1.10. The van der Waals surface area contributed by atoms with Crippen molar-refractivity contribution in [2.75, 3.05) is 0 Å². The Morgan fingerprint density at radius 2 is 1.74 bits per heavy atom. The summed E-state index contributed by atoms with van der Waals surface area (Å²) in [4.78, 5) is 23.8. The minimum Gasteiger partial charge on any atom is -0.476 e. The summed E-state index contributed by atoms with van der Waals surface area (Å²) in [6, 6.07) is 12.7. The van der Waals surface area contributed by atoms with Crippen LogP contribution in [0.15, 0.2) is 59.7 Å². The number of pyridine rings is 1. The van der Waals surface area contributed by atoms with Crippen LogP contribution < -0.4 is 5.56 Å². The van der Waals surface area contributed by atoms with Crippen molar-refractivity contribution in [3.8, 4) is 0 Å². The fourth-order valence-corrected chi connectivity index (χ4v) is 2.17. The molecule has 1 N–H and O–H groups in total. The highest BCUT2D eigenvalue weighted by molar-refractivity contribution is 5.84. The van der Waals surface area contributed by atoms with E-state index in [1.807, 2.05) is 30.3 Å². The van der Waals surface area contributed by atoms with Gasteiger partial charge in [-0.05, 0) is 17.2 Å². The molecular formula is C16H14N4O3. The Morgan fingerprint density at radius 3 is 2.35 bits per heavy atom. The maximum Gasteiger partial charge on any atom is 0.358 e. The molecule has 23 heavy (non-hydrogen) atoms. The molecule has 2 heterocycles. The molecule has 0 amide bonds. The zero-order valence-corrected chi connectivity index (χ0v) is 12.2. The van der Waals surface area contributed by atoms with Crippen molar-refractivity contribution < 1.29 is 9.90 Å². The lowest BCUT2D eigenvalue weighted by atomic mass is 10.1. The van der Waals surface area contributed by atoms with Crippen LogP contribution in [0.5, 0.6) is 0 Å². The van der Waals surface area contributed by atoms with Crippen molar-refractivity contribution in [1.82, 2.24) is 19.6 Å². The Bertz CT molecular complexity index is 881. The highest BCUT2D eigenvalue weighted by Crippen LogP contribution is 2.07. The zero-order chi connectivity index (χ0) is 16.2. The third kappa shape index (κ3) is 3.52. The normalized spacial score (nSPS) is 10.6. The van der Waals surface area contributed by atoms with Crippen LogP contribution >= 0.6 is 0 Å². The monoisotopic (exact) mass is 310 g/mol. The van der Waals surface area contributed by atoms with Crippen molar-refractivity contribution in [2.45, 2.75) is 13.1 Å². The number of hydrogen-bond acceptors (Lipinski definition) is 4. The van der Waals surface area contributed by atoms with E-state index in [0.29, 0.717) is 13.1 Å². The van der Waals surface area contributed by atoms with E-state index in [1.165, 1.54) is 17.1 Å². The molecule has 0 fully saturated rings. The van der Waals surface area contributed by atoms with Gasteiger partial charge in [-0.2, -0.15) is 9.90 Å². The zero-order valence-electron chi connectivity index (χ0n) is 12.2. The Kier molecular flexibility index (Phi) is 4.01. The van der Waals surface area contributed by atoms with E-state index in [0.717, 1.165) is 11.1 Å². The smallest absolute Gasteiger partial charge is 0.358 e. The van der Waals surface area contributed by atoms with Gasteiger partial charge < -0.3 is 9.67 Å². The van der Waals surface area contributed by atoms with Crippen molar-refractivity contribution in [2.24, 2.45) is 0 Å². The second-order valence-electron chi connectivity index (χ2n) is 5.05. The van der Waals surface area contributed by atoms with Gasteiger partial charge in [-0.25, -0.2) is 4.79 Å². The van der Waals surface area contributed by atoms with Crippen LogP contribution in [-0.4, -0.2) is 30.6 Å². The predicted molar refractivity (Wildman–Crippen MR) is 82.3 cm³/mol. The van der Waals surface area contributed by atoms with E-state index in [9.17, 15) is 9.59 Å². The standard InChI is InChI=1S/C16H14N4O3/c21-15-3-1-2-8-19(15)10-12-4-6-13(7-5-12)11-20-17-9-14(18-20)16(22)23/h1-9H,10-11H2,(H,22,23). The first-order valence-corrected chi connectivity index (χ1v) is 6.98. The van der Waals surface area contributed by atoms with Crippen molar-refractivity contribution in [3.63, 3.8) is 0 Å². The van der Waals surface area contributed by atoms with Gasteiger partial charge in [0.15, 0.2) is 5.69 Å². The summed E-state index contributed by atoms with van der Waals surface area (Å²) in [7, 11) is 0. The Labute approximate surface area is 131 Å². The lowest BCUT2D eigenvalue weighted by Gasteiger charge is -2.06. The first kappa shape index (κ1) is 14.7. The van der Waals surface area contributed by atoms with Crippen LogP contribution in [0.25, 0.3) is 0 Å². The first-order valence-electron chi connectivity index (χ1n) is 6.98. The van der Waals surface area contributed by atoms with Gasteiger partial charge in [0.25, 0.3) is 5.56 Å². The van der Waals surface area contributed by atoms with Crippen molar-refractivity contribution in [3.05, 3.63) is 82.0 Å². The summed E-state index contributed by atoms with van der Waals surface area (Å²) in [5.74, 6) is -1.10. The molecule has 0 saturated heterocycles. The highest BCUT2D eigenvalue weighted by Gasteiger charge is 2.08. The number of benzene rings is 1. The molecule has 0 aliphatic rings. The Hall–Kier alpha value is -3.22. The van der Waals surface area contributed by atoms with E-state index in [4.69, 9.17) is 5.11 Å². The van der Waals surface area contributed by atoms with Gasteiger partial charge in [0.05, 0.1) is 19.3 Å². The van der Waals surface area contributed by atoms with E-state index >= 15 is 0 Å². The number of nitrogens with zero attached hydrogens (tertiary/aromatic N) is 4. The van der Waals surface area contributed by atoms with E-state index in [2.05, 4.69) is 10.2 Å². The number of hydrogen-bond donors (Lipinski definition) is 1. The molecule has 0 bridgehead atoms. The van der Waals surface area contributed by atoms with Gasteiger partial charge in [-0.3, -0.25) is 4.79 Å². The molecular weight excluding hydrogens is 296 g/mol. The topological polar surface area (TPSA) is 90.0 Å². The van der Waals surface area contributed by atoms with Crippen LogP contribution in [-0.2, 0) is 13.1 Å².